The van der Waals surface area contributed by atoms with Gasteiger partial charge in [-0.05, 0) is 32.9 Å². The van der Waals surface area contributed by atoms with E-state index in [1.807, 2.05) is 0 Å². The smallest absolute Gasteiger partial charge is 0.410 e. The molecule has 156 valence electrons. The molecule has 1 aromatic rings. The molecule has 11 nitrogen and oxygen atoms in total. The normalized spacial score (nSPS) is 17.9. The minimum absolute atomic E-state index is 0.104. The maximum Gasteiger partial charge on any atom is 0.410 e. The third kappa shape index (κ3) is 5.78. The molecule has 1 aromatic carbocycles. The number of sulfonamides is 1. The number of rotatable bonds is 5. The summed E-state index contributed by atoms with van der Waals surface area (Å²) in [5.41, 5.74) is -0.991. The van der Waals surface area contributed by atoms with Crippen LogP contribution < -0.4 is 10.5 Å². The maximum atomic E-state index is 12.4. The van der Waals surface area contributed by atoms with Crippen molar-refractivity contribution in [2.45, 2.75) is 37.3 Å². The average molecular weight is 416 g/mol. The third-order valence-electron chi connectivity index (χ3n) is 3.88. The summed E-state index contributed by atoms with van der Waals surface area (Å²) >= 11 is 0. The highest BCUT2D eigenvalue weighted by atomic mass is 32.2. The van der Waals surface area contributed by atoms with Crippen molar-refractivity contribution in [3.05, 3.63) is 28.3 Å². The summed E-state index contributed by atoms with van der Waals surface area (Å²) in [6, 6.07) is 2.91. The Balaban J connectivity index is 2.17. The van der Waals surface area contributed by atoms with Crippen LogP contribution in [0.15, 0.2) is 23.1 Å². The van der Waals surface area contributed by atoms with E-state index >= 15 is 0 Å². The van der Waals surface area contributed by atoms with Crippen LogP contribution in [0.5, 0.6) is 0 Å². The number of amides is 1. The van der Waals surface area contributed by atoms with Gasteiger partial charge in [-0.3, -0.25) is 15.0 Å². The van der Waals surface area contributed by atoms with E-state index in [2.05, 4.69) is 5.32 Å². The van der Waals surface area contributed by atoms with Gasteiger partial charge in [0.2, 0.25) is 10.0 Å². The van der Waals surface area contributed by atoms with Gasteiger partial charge in [-0.1, -0.05) is 0 Å². The molecular weight excluding hydrogens is 392 g/mol. The number of nitrogens with two attached hydrogens (primary N) is 1. The van der Waals surface area contributed by atoms with Gasteiger partial charge < -0.3 is 14.8 Å². The van der Waals surface area contributed by atoms with Crippen molar-refractivity contribution in [2.75, 3.05) is 31.6 Å². The van der Waals surface area contributed by atoms with Crippen LogP contribution in [0.4, 0.5) is 16.2 Å². The highest BCUT2D eigenvalue weighted by Gasteiger charge is 2.31. The molecule has 1 amide bonds. The molecule has 1 heterocycles. The number of hydrogen-bond acceptors (Lipinski definition) is 8. The number of benzene rings is 1. The second-order valence-corrected chi connectivity index (χ2v) is 8.83. The monoisotopic (exact) mass is 416 g/mol. The summed E-state index contributed by atoms with van der Waals surface area (Å²) in [5, 5.41) is 19.2. The van der Waals surface area contributed by atoms with Gasteiger partial charge in [0.25, 0.3) is 5.69 Å². The van der Waals surface area contributed by atoms with E-state index < -0.39 is 38.4 Å². The predicted octanol–water partition coefficient (Wildman–Crippen LogP) is 1.29. The molecule has 1 aliphatic rings. The van der Waals surface area contributed by atoms with Gasteiger partial charge in [0.15, 0.2) is 0 Å². The standard InChI is InChI=1S/C16H24N4O7S/c1-16(2,3)27-15(21)19-6-7-26-10-11(19)9-18-13-5-4-12(28(17,24)25)8-14(13)20(22)23/h4-5,8,11,18H,6-7,9-10H2,1-3H3,(H2,17,24,25). The molecule has 1 unspecified atom stereocenters. The summed E-state index contributed by atoms with van der Waals surface area (Å²) < 4.78 is 33.6. The number of hydrogen-bond donors (Lipinski definition) is 2. The maximum absolute atomic E-state index is 12.4. The van der Waals surface area contributed by atoms with Gasteiger partial charge in [0, 0.05) is 19.2 Å². The van der Waals surface area contributed by atoms with Crippen molar-refractivity contribution in [1.29, 1.82) is 0 Å². The van der Waals surface area contributed by atoms with Crippen LogP contribution in [0.1, 0.15) is 20.8 Å². The first kappa shape index (κ1) is 21.9. The Labute approximate surface area is 163 Å². The quantitative estimate of drug-likeness (QED) is 0.537. The predicted molar refractivity (Wildman–Crippen MR) is 101 cm³/mol. The molecule has 12 heteroatoms. The van der Waals surface area contributed by atoms with E-state index in [1.165, 1.54) is 17.0 Å². The molecule has 3 N–H and O–H groups in total. The highest BCUT2D eigenvalue weighted by molar-refractivity contribution is 7.89. The summed E-state index contributed by atoms with van der Waals surface area (Å²) in [5.74, 6) is 0. The number of primary sulfonamides is 1. The van der Waals surface area contributed by atoms with E-state index in [0.29, 0.717) is 13.2 Å². The topological polar surface area (TPSA) is 154 Å². The largest absolute Gasteiger partial charge is 0.444 e. The number of nitrogens with zero attached hydrogens (tertiary/aromatic N) is 2. The van der Waals surface area contributed by atoms with Crippen LogP contribution in [0, 0.1) is 10.1 Å². The molecule has 1 atom stereocenters. The first-order chi connectivity index (χ1) is 12.9. The number of nitrogens with one attached hydrogen (secondary N) is 1. The lowest BCUT2D eigenvalue weighted by molar-refractivity contribution is -0.384. The molecule has 0 aliphatic carbocycles. The molecular formula is C16H24N4O7S. The van der Waals surface area contributed by atoms with Crippen molar-refractivity contribution in [1.82, 2.24) is 4.90 Å². The van der Waals surface area contributed by atoms with E-state index in [-0.39, 0.29) is 23.7 Å². The second kappa shape index (κ2) is 8.29. The number of ether oxygens (including phenoxy) is 2. The van der Waals surface area contributed by atoms with Crippen molar-refractivity contribution < 1.29 is 27.6 Å². The Kier molecular flexibility index (Phi) is 6.47. The Bertz CT molecular complexity index is 851. The molecule has 2 rings (SSSR count). The number of carbonyl (C=O) groups excluding carboxylic acids is 1. The third-order valence-corrected chi connectivity index (χ3v) is 4.79. The molecule has 1 aliphatic heterocycles. The van der Waals surface area contributed by atoms with E-state index in [9.17, 15) is 23.3 Å². The summed E-state index contributed by atoms with van der Waals surface area (Å²) in [4.78, 5) is 24.1. The SMILES string of the molecule is CC(C)(C)OC(=O)N1CCOCC1CNc1ccc(S(N)(=O)=O)cc1[N+](=O)[O-]. The summed E-state index contributed by atoms with van der Waals surface area (Å²) in [6.07, 6.45) is -0.498. The lowest BCUT2D eigenvalue weighted by Crippen LogP contribution is -2.53. The van der Waals surface area contributed by atoms with Crippen molar-refractivity contribution in [2.24, 2.45) is 5.14 Å². The molecule has 0 bridgehead atoms. The Morgan fingerprint density at radius 1 is 1.46 bits per heavy atom. The number of morpholine rings is 1. The summed E-state index contributed by atoms with van der Waals surface area (Å²) in [7, 11) is -4.07. The lowest BCUT2D eigenvalue weighted by Gasteiger charge is -2.36. The van der Waals surface area contributed by atoms with Gasteiger partial charge in [0.1, 0.15) is 11.3 Å². The second-order valence-electron chi connectivity index (χ2n) is 7.26. The number of nitro benzene ring substituents is 1. The summed E-state index contributed by atoms with van der Waals surface area (Å²) in [6.45, 7) is 6.34. The average Bonchev–Trinajstić information content (AvgIpc) is 2.57. The van der Waals surface area contributed by atoms with Gasteiger partial charge in [-0.2, -0.15) is 0 Å². The van der Waals surface area contributed by atoms with Gasteiger partial charge in [-0.25, -0.2) is 18.4 Å². The first-order valence-corrected chi connectivity index (χ1v) is 10.1. The fraction of sp³-hybridized carbons (Fsp3) is 0.562. The molecule has 28 heavy (non-hydrogen) atoms. The first-order valence-electron chi connectivity index (χ1n) is 8.51. The molecule has 1 saturated heterocycles. The molecule has 0 aromatic heterocycles. The zero-order chi connectivity index (χ0) is 21.1. The van der Waals surface area contributed by atoms with Crippen LogP contribution in [-0.4, -0.2) is 62.3 Å². The fourth-order valence-corrected chi connectivity index (χ4v) is 3.14. The van der Waals surface area contributed by atoms with Crippen molar-refractivity contribution in [3.63, 3.8) is 0 Å². The van der Waals surface area contributed by atoms with Crippen LogP contribution in [0.2, 0.25) is 0 Å². The highest BCUT2D eigenvalue weighted by Crippen LogP contribution is 2.27. The molecule has 0 saturated carbocycles. The Morgan fingerprint density at radius 3 is 2.71 bits per heavy atom. The lowest BCUT2D eigenvalue weighted by atomic mass is 10.2. The fourth-order valence-electron chi connectivity index (χ4n) is 2.60. The van der Waals surface area contributed by atoms with Crippen molar-refractivity contribution in [3.8, 4) is 0 Å². The Morgan fingerprint density at radius 2 is 2.14 bits per heavy atom. The van der Waals surface area contributed by atoms with Gasteiger partial charge in [-0.15, -0.1) is 0 Å². The minimum atomic E-state index is -4.07. The zero-order valence-corrected chi connectivity index (χ0v) is 16.7. The van der Waals surface area contributed by atoms with Crippen LogP contribution in [0.25, 0.3) is 0 Å². The van der Waals surface area contributed by atoms with Gasteiger partial charge in [0.05, 0.1) is 29.1 Å². The number of anilines is 1. The van der Waals surface area contributed by atoms with Crippen LogP contribution in [0.3, 0.4) is 0 Å². The molecule has 0 radical (unpaired) electrons. The molecule has 0 spiro atoms. The minimum Gasteiger partial charge on any atom is -0.444 e. The zero-order valence-electron chi connectivity index (χ0n) is 15.9. The van der Waals surface area contributed by atoms with E-state index in [4.69, 9.17) is 14.6 Å². The van der Waals surface area contributed by atoms with E-state index in [0.717, 1.165) is 6.07 Å². The van der Waals surface area contributed by atoms with Crippen molar-refractivity contribution >= 4 is 27.5 Å². The molecule has 1 fully saturated rings. The van der Waals surface area contributed by atoms with Gasteiger partial charge >= 0.3 is 6.09 Å². The Hall–Kier alpha value is -2.44. The van der Waals surface area contributed by atoms with Crippen LogP contribution in [-0.2, 0) is 19.5 Å². The number of nitro groups is 1. The van der Waals surface area contributed by atoms with E-state index in [1.54, 1.807) is 20.8 Å². The van der Waals surface area contributed by atoms with Crippen LogP contribution >= 0.6 is 0 Å². The number of carbonyl (C=O) groups is 1.